The fourth-order valence-corrected chi connectivity index (χ4v) is 1.62. The van der Waals surface area contributed by atoms with Gasteiger partial charge in [-0.05, 0) is 42.5 Å². The first kappa shape index (κ1) is 12.5. The van der Waals surface area contributed by atoms with Crippen molar-refractivity contribution in [2.24, 2.45) is 0 Å². The molecule has 0 bridgehead atoms. The van der Waals surface area contributed by atoms with Crippen LogP contribution in [0.15, 0.2) is 42.5 Å². The van der Waals surface area contributed by atoms with Gasteiger partial charge >= 0.3 is 0 Å². The molecule has 18 heavy (non-hydrogen) atoms. The number of hydrogen-bond acceptors (Lipinski definition) is 1. The van der Waals surface area contributed by atoms with Gasteiger partial charge in [-0.3, -0.25) is 0 Å². The molecule has 0 heterocycles. The molecule has 1 nitrogen and oxygen atoms in total. The van der Waals surface area contributed by atoms with Crippen LogP contribution in [0.1, 0.15) is 11.1 Å². The zero-order chi connectivity index (χ0) is 13.0. The van der Waals surface area contributed by atoms with Gasteiger partial charge in [-0.15, -0.1) is 0 Å². The highest BCUT2D eigenvalue weighted by molar-refractivity contribution is 6.31. The van der Waals surface area contributed by atoms with Gasteiger partial charge in [0.15, 0.2) is 0 Å². The van der Waals surface area contributed by atoms with Crippen LogP contribution < -0.4 is 4.74 Å². The van der Waals surface area contributed by atoms with Crippen molar-refractivity contribution in [3.63, 3.8) is 0 Å². The molecule has 0 radical (unpaired) electrons. The molecule has 90 valence electrons. The van der Waals surface area contributed by atoms with Gasteiger partial charge in [-0.2, -0.15) is 0 Å². The molecule has 0 aliphatic rings. The summed E-state index contributed by atoms with van der Waals surface area (Å²) in [5.74, 6) is 6.28. The molecule has 0 N–H and O–H groups in total. The Morgan fingerprint density at radius 3 is 2.39 bits per heavy atom. The van der Waals surface area contributed by atoms with Gasteiger partial charge in [-0.25, -0.2) is 4.39 Å². The van der Waals surface area contributed by atoms with Gasteiger partial charge in [-0.1, -0.05) is 23.4 Å². The average Bonchev–Trinajstić information content (AvgIpc) is 2.38. The van der Waals surface area contributed by atoms with E-state index in [1.165, 1.54) is 12.1 Å². The van der Waals surface area contributed by atoms with Crippen LogP contribution in [-0.2, 0) is 0 Å². The highest BCUT2D eigenvalue weighted by Gasteiger charge is 1.98. The largest absolute Gasteiger partial charge is 0.497 e. The van der Waals surface area contributed by atoms with Crippen molar-refractivity contribution in [1.29, 1.82) is 0 Å². The average molecular weight is 261 g/mol. The second-order valence-corrected chi connectivity index (χ2v) is 4.01. The maximum absolute atomic E-state index is 12.8. The normalized spacial score (nSPS) is 9.50. The van der Waals surface area contributed by atoms with Crippen molar-refractivity contribution < 1.29 is 9.13 Å². The lowest BCUT2D eigenvalue weighted by atomic mass is 10.2. The lowest BCUT2D eigenvalue weighted by molar-refractivity contribution is 0.415. The number of halogens is 2. The number of ether oxygens (including phenoxy) is 1. The summed E-state index contributed by atoms with van der Waals surface area (Å²) in [6.07, 6.45) is 0. The predicted octanol–water partition coefficient (Wildman–Crippen LogP) is 3.89. The first-order chi connectivity index (χ1) is 8.69. The van der Waals surface area contributed by atoms with Crippen LogP contribution in [-0.4, -0.2) is 7.11 Å². The van der Waals surface area contributed by atoms with E-state index in [4.69, 9.17) is 16.3 Å². The molecule has 0 unspecified atom stereocenters. The van der Waals surface area contributed by atoms with Gasteiger partial charge in [0.1, 0.15) is 11.6 Å². The van der Waals surface area contributed by atoms with E-state index in [0.29, 0.717) is 10.6 Å². The van der Waals surface area contributed by atoms with E-state index in [-0.39, 0.29) is 5.82 Å². The van der Waals surface area contributed by atoms with E-state index in [1.807, 2.05) is 24.3 Å². The van der Waals surface area contributed by atoms with Gasteiger partial charge in [0.05, 0.1) is 12.1 Å². The quantitative estimate of drug-likeness (QED) is 0.707. The van der Waals surface area contributed by atoms with Crippen LogP contribution in [0.3, 0.4) is 0 Å². The van der Waals surface area contributed by atoms with Gasteiger partial charge in [0.25, 0.3) is 0 Å². The summed E-state index contributed by atoms with van der Waals surface area (Å²) in [5, 5.41) is 0.316. The van der Waals surface area contributed by atoms with Crippen molar-refractivity contribution in [3.05, 3.63) is 64.4 Å². The van der Waals surface area contributed by atoms with Crippen LogP contribution in [0.25, 0.3) is 0 Å². The number of methoxy groups -OCH3 is 1. The molecule has 0 amide bonds. The second kappa shape index (κ2) is 5.57. The Hall–Kier alpha value is -1.98. The Morgan fingerprint density at radius 2 is 1.78 bits per heavy atom. The smallest absolute Gasteiger partial charge is 0.124 e. The summed E-state index contributed by atoms with van der Waals surface area (Å²) in [4.78, 5) is 0. The van der Waals surface area contributed by atoms with Crippen molar-refractivity contribution in [2.75, 3.05) is 7.11 Å². The Kier molecular flexibility index (Phi) is 3.86. The van der Waals surface area contributed by atoms with E-state index < -0.39 is 0 Å². The summed E-state index contributed by atoms with van der Waals surface area (Å²) >= 11 is 5.88. The monoisotopic (exact) mass is 260 g/mol. The van der Waals surface area contributed by atoms with E-state index in [0.717, 1.165) is 11.3 Å². The van der Waals surface area contributed by atoms with Gasteiger partial charge in [0.2, 0.25) is 0 Å². The molecule has 0 fully saturated rings. The number of hydrogen-bond donors (Lipinski definition) is 0. The van der Waals surface area contributed by atoms with Crippen LogP contribution in [0.2, 0.25) is 5.02 Å². The van der Waals surface area contributed by atoms with E-state index in [2.05, 4.69) is 11.8 Å². The summed E-state index contributed by atoms with van der Waals surface area (Å²) in [6, 6.07) is 11.5. The highest BCUT2D eigenvalue weighted by Crippen LogP contribution is 2.16. The number of rotatable bonds is 1. The highest BCUT2D eigenvalue weighted by atomic mass is 35.5. The molecule has 0 spiro atoms. The molecule has 0 atom stereocenters. The second-order valence-electron chi connectivity index (χ2n) is 3.60. The minimum absolute atomic E-state index is 0.316. The first-order valence-corrected chi connectivity index (χ1v) is 5.68. The van der Waals surface area contributed by atoms with E-state index >= 15 is 0 Å². The lowest BCUT2D eigenvalue weighted by Gasteiger charge is -1.98. The molecular formula is C15H10ClFO. The third kappa shape index (κ3) is 3.03. The molecule has 0 aromatic heterocycles. The summed E-state index contributed by atoms with van der Waals surface area (Å²) in [5.41, 5.74) is 1.45. The SMILES string of the molecule is COc1ccc(C#Cc2ccc(F)cc2Cl)cc1. The Balaban J connectivity index is 2.25. The van der Waals surface area contributed by atoms with Crippen LogP contribution in [0.4, 0.5) is 4.39 Å². The molecule has 0 aliphatic heterocycles. The van der Waals surface area contributed by atoms with Gasteiger partial charge < -0.3 is 4.74 Å². The van der Waals surface area contributed by atoms with Crippen LogP contribution >= 0.6 is 11.6 Å². The van der Waals surface area contributed by atoms with Crippen molar-refractivity contribution >= 4 is 11.6 Å². The zero-order valence-electron chi connectivity index (χ0n) is 9.71. The van der Waals surface area contributed by atoms with Gasteiger partial charge in [0, 0.05) is 11.1 Å². The maximum atomic E-state index is 12.8. The third-order valence-electron chi connectivity index (χ3n) is 2.36. The predicted molar refractivity (Wildman–Crippen MR) is 70.4 cm³/mol. The third-order valence-corrected chi connectivity index (χ3v) is 2.68. The standard InChI is InChI=1S/C15H10ClFO/c1-18-14-8-3-11(4-9-14)2-5-12-6-7-13(17)10-15(12)16/h3-4,6-10H,1H3. The fourth-order valence-electron chi connectivity index (χ4n) is 1.40. The summed E-state index contributed by atoms with van der Waals surface area (Å²) in [7, 11) is 1.61. The van der Waals surface area contributed by atoms with Crippen molar-refractivity contribution in [3.8, 4) is 17.6 Å². The van der Waals surface area contributed by atoms with E-state index in [9.17, 15) is 4.39 Å². The minimum atomic E-state index is -0.366. The maximum Gasteiger partial charge on any atom is 0.124 e. The number of benzene rings is 2. The molecule has 0 aliphatic carbocycles. The molecule has 2 aromatic rings. The minimum Gasteiger partial charge on any atom is -0.497 e. The Bertz CT molecular complexity index is 609. The molecule has 2 rings (SSSR count). The molecular weight excluding hydrogens is 251 g/mol. The van der Waals surface area contributed by atoms with Crippen molar-refractivity contribution in [2.45, 2.75) is 0 Å². The summed E-state index contributed by atoms with van der Waals surface area (Å²) < 4.78 is 17.9. The zero-order valence-corrected chi connectivity index (χ0v) is 10.5. The molecule has 0 saturated carbocycles. The topological polar surface area (TPSA) is 9.23 Å². The van der Waals surface area contributed by atoms with Crippen molar-refractivity contribution in [1.82, 2.24) is 0 Å². The Morgan fingerprint density at radius 1 is 1.06 bits per heavy atom. The first-order valence-electron chi connectivity index (χ1n) is 5.30. The lowest BCUT2D eigenvalue weighted by Crippen LogP contribution is -1.83. The molecule has 0 saturated heterocycles. The summed E-state index contributed by atoms with van der Waals surface area (Å²) in [6.45, 7) is 0. The molecule has 3 heteroatoms. The van der Waals surface area contributed by atoms with Crippen LogP contribution in [0.5, 0.6) is 5.75 Å². The fraction of sp³-hybridized carbons (Fsp3) is 0.0667. The molecule has 2 aromatic carbocycles. The Labute approximate surface area is 110 Å². The van der Waals surface area contributed by atoms with E-state index in [1.54, 1.807) is 13.2 Å². The van der Waals surface area contributed by atoms with Crippen LogP contribution in [0, 0.1) is 17.7 Å².